The average Bonchev–Trinajstić information content (AvgIpc) is 1.96. The Morgan fingerprint density at radius 3 is 1.35 bits per heavy atom. The second-order valence-corrected chi connectivity index (χ2v) is 6.02. The molecule has 0 radical (unpaired) electrons. The van der Waals surface area contributed by atoms with E-state index in [-0.39, 0.29) is 0 Å². The van der Waals surface area contributed by atoms with E-state index < -0.39 is 34.9 Å². The molecule has 0 aromatic heterocycles. The Labute approximate surface area is 104 Å². The molecule has 0 aromatic carbocycles. The van der Waals surface area contributed by atoms with E-state index in [1.165, 1.54) is 0 Å². The van der Waals surface area contributed by atoms with E-state index in [2.05, 4.69) is 0 Å². The van der Waals surface area contributed by atoms with E-state index in [4.69, 9.17) is 9.47 Å². The van der Waals surface area contributed by atoms with Crippen molar-refractivity contribution in [1.29, 1.82) is 0 Å². The van der Waals surface area contributed by atoms with Gasteiger partial charge in [0.1, 0.15) is 11.2 Å². The van der Waals surface area contributed by atoms with E-state index in [0.29, 0.717) is 3.95 Å². The van der Waals surface area contributed by atoms with Gasteiger partial charge in [0.15, 0.2) is 11.5 Å². The van der Waals surface area contributed by atoms with Gasteiger partial charge in [-0.05, 0) is 41.5 Å². The fourth-order valence-electron chi connectivity index (χ4n) is 0.764. The van der Waals surface area contributed by atoms with Gasteiger partial charge in [-0.1, -0.05) is 0 Å². The van der Waals surface area contributed by atoms with Gasteiger partial charge in [-0.3, -0.25) is 0 Å². The van der Waals surface area contributed by atoms with Gasteiger partial charge >= 0.3 is 12.2 Å². The van der Waals surface area contributed by atoms with Gasteiger partial charge in [-0.2, -0.15) is 9.59 Å². The smallest absolute Gasteiger partial charge is 0.405 e. The third-order valence-electron chi connectivity index (χ3n) is 1.24. The van der Waals surface area contributed by atoms with E-state index in [1.54, 1.807) is 41.5 Å². The molecule has 0 saturated carbocycles. The molecule has 0 heterocycles. The van der Waals surface area contributed by atoms with Crippen LogP contribution in [-0.4, -0.2) is 31.5 Å². The highest BCUT2D eigenvalue weighted by Gasteiger charge is 2.36. The predicted octanol–water partition coefficient (Wildman–Crippen LogP) is 1.73. The highest BCUT2D eigenvalue weighted by atomic mass is 32.1. The van der Waals surface area contributed by atoms with Crippen LogP contribution in [0.15, 0.2) is 0 Å². The van der Waals surface area contributed by atoms with Crippen molar-refractivity contribution in [2.45, 2.75) is 52.7 Å². The van der Waals surface area contributed by atoms with Crippen molar-refractivity contribution >= 4 is 23.6 Å². The Morgan fingerprint density at radius 1 is 0.882 bits per heavy atom. The lowest BCUT2D eigenvalue weighted by atomic mass is 10.2. The summed E-state index contributed by atoms with van der Waals surface area (Å²) in [4.78, 5) is 23.1. The van der Waals surface area contributed by atoms with Crippen molar-refractivity contribution in [3.05, 3.63) is 0 Å². The molecular formula is C10H20NO5S+. The number of nitrogens with zero attached hydrogens (tertiary/aromatic N) is 1. The summed E-state index contributed by atoms with van der Waals surface area (Å²) in [5.41, 5.74) is -1.53. The average molecular weight is 266 g/mol. The molecule has 0 aliphatic heterocycles. The number of carbonyl (C=O) groups excluding carboxylic acids is 2. The molecule has 0 fully saturated rings. The molecule has 0 unspecified atom stereocenters. The summed E-state index contributed by atoms with van der Waals surface area (Å²) in [5, 5.41) is 0. The highest BCUT2D eigenvalue weighted by Crippen LogP contribution is 2.11. The summed E-state index contributed by atoms with van der Waals surface area (Å²) < 4.78 is 21.1. The van der Waals surface area contributed by atoms with Crippen molar-refractivity contribution < 1.29 is 27.2 Å². The van der Waals surface area contributed by atoms with E-state index in [9.17, 15) is 13.8 Å². The summed E-state index contributed by atoms with van der Waals surface area (Å²) in [6, 6.07) is 0. The molecule has 0 aromatic rings. The highest BCUT2D eigenvalue weighted by molar-refractivity contribution is 7.52. The predicted molar refractivity (Wildman–Crippen MR) is 63.7 cm³/mol. The minimum atomic E-state index is -1.28. The molecular weight excluding hydrogens is 246 g/mol. The molecule has 0 aliphatic rings. The van der Waals surface area contributed by atoms with Crippen molar-refractivity contribution in [3.8, 4) is 0 Å². The van der Waals surface area contributed by atoms with Crippen molar-refractivity contribution in [3.63, 3.8) is 0 Å². The maximum atomic E-state index is 11.5. The molecule has 0 spiro atoms. The Hall–Kier alpha value is -1.11. The number of amides is 2. The van der Waals surface area contributed by atoms with Crippen LogP contribution in [0.2, 0.25) is 0 Å². The van der Waals surface area contributed by atoms with Crippen LogP contribution >= 0.6 is 0 Å². The van der Waals surface area contributed by atoms with Crippen molar-refractivity contribution in [2.75, 3.05) is 0 Å². The summed E-state index contributed by atoms with van der Waals surface area (Å²) in [5.74, 6) is 0. The van der Waals surface area contributed by atoms with E-state index in [0.717, 1.165) is 0 Å². The first-order valence-electron chi connectivity index (χ1n) is 5.10. The maximum Gasteiger partial charge on any atom is 0.617 e. The Balaban J connectivity index is 4.83. The third-order valence-corrected chi connectivity index (χ3v) is 1.79. The molecule has 0 bridgehead atoms. The molecule has 0 N–H and O–H groups in total. The number of ether oxygens (including phenoxy) is 2. The van der Waals surface area contributed by atoms with Crippen LogP contribution in [0.5, 0.6) is 0 Å². The van der Waals surface area contributed by atoms with Gasteiger partial charge < -0.3 is 9.47 Å². The lowest BCUT2D eigenvalue weighted by Gasteiger charge is -2.18. The summed E-state index contributed by atoms with van der Waals surface area (Å²) >= 11 is -1.28. The number of hydrogen-bond acceptors (Lipinski definition) is 5. The maximum absolute atomic E-state index is 11.5. The van der Waals surface area contributed by atoms with Gasteiger partial charge in [0.05, 0.1) is 0 Å². The normalized spacial score (nSPS) is 12.6. The van der Waals surface area contributed by atoms with Crippen molar-refractivity contribution in [2.24, 2.45) is 0 Å². The second-order valence-electron chi connectivity index (χ2n) is 5.39. The van der Waals surface area contributed by atoms with Gasteiger partial charge in [0.2, 0.25) is 0 Å². The van der Waals surface area contributed by atoms with E-state index >= 15 is 0 Å². The van der Waals surface area contributed by atoms with Crippen molar-refractivity contribution in [1.82, 2.24) is 0 Å². The third kappa shape index (κ3) is 6.93. The second kappa shape index (κ2) is 5.48. The molecule has 7 heteroatoms. The number of carbonyl (C=O) groups is 2. The molecule has 0 saturated heterocycles. The summed E-state index contributed by atoms with van der Waals surface area (Å²) in [6.45, 7) is 9.87. The minimum Gasteiger partial charge on any atom is -0.405 e. The van der Waals surface area contributed by atoms with Crippen LogP contribution in [-0.2, 0) is 20.9 Å². The lowest BCUT2D eigenvalue weighted by Crippen LogP contribution is -2.36. The fourth-order valence-corrected chi connectivity index (χ4v) is 1.00. The molecule has 0 atom stereocenters. The van der Waals surface area contributed by atoms with E-state index in [1.807, 2.05) is 0 Å². The minimum absolute atomic E-state index is 0.413. The fraction of sp³-hybridized carbons (Fsp3) is 0.800. The van der Waals surface area contributed by atoms with Crippen LogP contribution in [0.4, 0.5) is 9.59 Å². The SMILES string of the molecule is CC(C)(C)OC(=O)[N+](=[SH2]=O)C(=O)OC(C)(C)C. The Kier molecular flexibility index (Phi) is 5.12. The summed E-state index contributed by atoms with van der Waals surface area (Å²) in [7, 11) is 0. The monoisotopic (exact) mass is 266 g/mol. The zero-order chi connectivity index (χ0) is 13.9. The molecule has 17 heavy (non-hydrogen) atoms. The first-order chi connectivity index (χ1) is 7.46. The number of imide groups is 1. The molecule has 6 nitrogen and oxygen atoms in total. The van der Waals surface area contributed by atoms with Crippen LogP contribution in [0, 0.1) is 0 Å². The van der Waals surface area contributed by atoms with Crippen LogP contribution in [0.1, 0.15) is 41.5 Å². The first kappa shape index (κ1) is 15.9. The molecule has 2 amide bonds. The Bertz CT molecular complexity index is 341. The first-order valence-corrected chi connectivity index (χ1v) is 5.96. The topological polar surface area (TPSA) is 72.7 Å². The number of rotatable bonds is 0. The van der Waals surface area contributed by atoms with Crippen LogP contribution in [0.25, 0.3) is 0 Å². The van der Waals surface area contributed by atoms with Crippen LogP contribution < -0.4 is 0 Å². The molecule has 0 aliphatic carbocycles. The standard InChI is InChI=1S/C10H20NO5S/c1-9(2,3)15-7(12)11(17-14)8(13)16-10(4,5)6/h17H2,1-6H3/q+1. The van der Waals surface area contributed by atoms with Gasteiger partial charge in [0, 0.05) is 3.95 Å². The summed E-state index contributed by atoms with van der Waals surface area (Å²) in [6.07, 6.45) is -1.97. The van der Waals surface area contributed by atoms with Gasteiger partial charge in [0.25, 0.3) is 0 Å². The van der Waals surface area contributed by atoms with Crippen LogP contribution in [0.3, 0.4) is 0 Å². The molecule has 100 valence electrons. The van der Waals surface area contributed by atoms with Gasteiger partial charge in [-0.25, -0.2) is 4.21 Å². The zero-order valence-electron chi connectivity index (χ0n) is 11.0. The number of hydrogen-bond donors (Lipinski definition) is 0. The Morgan fingerprint density at radius 2 is 1.18 bits per heavy atom. The van der Waals surface area contributed by atoms with Gasteiger partial charge in [-0.15, -0.1) is 0 Å². The lowest BCUT2D eigenvalue weighted by molar-refractivity contribution is -0.355. The quantitative estimate of drug-likeness (QED) is 0.624. The molecule has 0 rings (SSSR count). The largest absolute Gasteiger partial charge is 0.617 e. The zero-order valence-corrected chi connectivity index (χ0v) is 12.0.